The summed E-state index contributed by atoms with van der Waals surface area (Å²) in [5, 5.41) is 2.62. The summed E-state index contributed by atoms with van der Waals surface area (Å²) in [6.07, 6.45) is -0.0507. The molecular formula is C17H31N3O4. The van der Waals surface area contributed by atoms with Gasteiger partial charge in [0.25, 0.3) is 0 Å². The Kier molecular flexibility index (Phi) is 7.05. The quantitative estimate of drug-likeness (QED) is 0.840. The molecule has 1 saturated heterocycles. The van der Waals surface area contributed by atoms with Crippen molar-refractivity contribution in [1.29, 1.82) is 0 Å². The SMILES string of the molecule is COC(=O)N[C@@H](CC(C)C)C(=O)N1CCN(C(=O)C(C)(C)C)CC1. The van der Waals surface area contributed by atoms with Gasteiger partial charge >= 0.3 is 6.09 Å². The van der Waals surface area contributed by atoms with Gasteiger partial charge in [0.2, 0.25) is 11.8 Å². The summed E-state index contributed by atoms with van der Waals surface area (Å²) in [6.45, 7) is 11.7. The smallest absolute Gasteiger partial charge is 0.407 e. The fourth-order valence-electron chi connectivity index (χ4n) is 2.72. The number of nitrogens with zero attached hydrogens (tertiary/aromatic N) is 2. The van der Waals surface area contributed by atoms with Gasteiger partial charge in [-0.3, -0.25) is 9.59 Å². The van der Waals surface area contributed by atoms with Crippen molar-refractivity contribution in [3.63, 3.8) is 0 Å². The van der Waals surface area contributed by atoms with Crippen LogP contribution in [-0.4, -0.2) is 67.0 Å². The van der Waals surface area contributed by atoms with Crippen LogP contribution in [0.5, 0.6) is 0 Å². The van der Waals surface area contributed by atoms with Gasteiger partial charge in [0, 0.05) is 31.6 Å². The molecule has 0 unspecified atom stereocenters. The first-order valence-corrected chi connectivity index (χ1v) is 8.49. The van der Waals surface area contributed by atoms with E-state index < -0.39 is 17.6 Å². The standard InChI is InChI=1S/C17H31N3O4/c1-12(2)11-13(18-16(23)24-6)14(21)19-7-9-20(10-8-19)15(22)17(3,4)5/h12-13H,7-11H2,1-6H3,(H,18,23)/t13-/m0/s1. The third-order valence-corrected chi connectivity index (χ3v) is 4.00. The highest BCUT2D eigenvalue weighted by atomic mass is 16.5. The van der Waals surface area contributed by atoms with Crippen molar-refractivity contribution in [3.05, 3.63) is 0 Å². The lowest BCUT2D eigenvalue weighted by molar-refractivity contribution is -0.145. The van der Waals surface area contributed by atoms with Crippen molar-refractivity contribution in [1.82, 2.24) is 15.1 Å². The Morgan fingerprint density at radius 3 is 1.96 bits per heavy atom. The Morgan fingerprint density at radius 1 is 1.04 bits per heavy atom. The van der Waals surface area contributed by atoms with E-state index in [1.807, 2.05) is 34.6 Å². The van der Waals surface area contributed by atoms with E-state index in [1.165, 1.54) is 7.11 Å². The van der Waals surface area contributed by atoms with Gasteiger partial charge in [-0.15, -0.1) is 0 Å². The number of piperazine rings is 1. The van der Waals surface area contributed by atoms with Crippen molar-refractivity contribution in [2.75, 3.05) is 33.3 Å². The normalized spacial score (nSPS) is 16.8. The molecule has 1 aliphatic rings. The van der Waals surface area contributed by atoms with Crippen LogP contribution in [-0.2, 0) is 14.3 Å². The molecule has 138 valence electrons. The van der Waals surface area contributed by atoms with E-state index in [0.717, 1.165) is 0 Å². The van der Waals surface area contributed by atoms with Gasteiger partial charge in [0.1, 0.15) is 6.04 Å². The maximum absolute atomic E-state index is 12.7. The van der Waals surface area contributed by atoms with Gasteiger partial charge in [0.15, 0.2) is 0 Å². The summed E-state index contributed by atoms with van der Waals surface area (Å²) in [6, 6.07) is -0.595. The molecular weight excluding hydrogens is 310 g/mol. The third-order valence-electron chi connectivity index (χ3n) is 4.00. The second kappa shape index (κ2) is 8.35. The lowest BCUT2D eigenvalue weighted by atomic mass is 9.94. The predicted octanol–water partition coefficient (Wildman–Crippen LogP) is 1.47. The van der Waals surface area contributed by atoms with E-state index in [0.29, 0.717) is 32.6 Å². The Hall–Kier alpha value is -1.79. The number of amides is 3. The first-order valence-electron chi connectivity index (χ1n) is 8.49. The first-order chi connectivity index (χ1) is 11.1. The number of hydrogen-bond acceptors (Lipinski definition) is 4. The minimum Gasteiger partial charge on any atom is -0.453 e. The van der Waals surface area contributed by atoms with Crippen LogP contribution in [0.4, 0.5) is 4.79 Å². The van der Waals surface area contributed by atoms with E-state index in [-0.39, 0.29) is 17.7 Å². The first kappa shape index (κ1) is 20.3. The van der Waals surface area contributed by atoms with Crippen LogP contribution in [0.3, 0.4) is 0 Å². The lowest BCUT2D eigenvalue weighted by Gasteiger charge is -2.39. The van der Waals surface area contributed by atoms with Crippen LogP contribution in [0.25, 0.3) is 0 Å². The third kappa shape index (κ3) is 5.69. The highest BCUT2D eigenvalue weighted by Gasteiger charge is 2.33. The van der Waals surface area contributed by atoms with Gasteiger partial charge in [-0.2, -0.15) is 0 Å². The van der Waals surface area contributed by atoms with Crippen LogP contribution in [0.1, 0.15) is 41.0 Å². The molecule has 0 aromatic carbocycles. The van der Waals surface area contributed by atoms with Gasteiger partial charge in [0.05, 0.1) is 7.11 Å². The van der Waals surface area contributed by atoms with E-state index in [9.17, 15) is 14.4 Å². The number of ether oxygens (including phenoxy) is 1. The predicted molar refractivity (Wildman–Crippen MR) is 91.4 cm³/mol. The van der Waals surface area contributed by atoms with E-state index in [1.54, 1.807) is 9.80 Å². The zero-order chi connectivity index (χ0) is 18.5. The summed E-state index contributed by atoms with van der Waals surface area (Å²) in [4.78, 5) is 40.0. The van der Waals surface area contributed by atoms with Gasteiger partial charge in [-0.25, -0.2) is 4.79 Å². The lowest BCUT2D eigenvalue weighted by Crippen LogP contribution is -2.57. The Morgan fingerprint density at radius 2 is 1.54 bits per heavy atom. The Bertz CT molecular complexity index is 463. The molecule has 1 aliphatic heterocycles. The van der Waals surface area contributed by atoms with Crippen molar-refractivity contribution in [3.8, 4) is 0 Å². The number of methoxy groups -OCH3 is 1. The fourth-order valence-corrected chi connectivity index (χ4v) is 2.72. The van der Waals surface area contributed by atoms with Crippen molar-refractivity contribution in [2.24, 2.45) is 11.3 Å². The van der Waals surface area contributed by atoms with Crippen molar-refractivity contribution in [2.45, 2.75) is 47.1 Å². The van der Waals surface area contributed by atoms with Gasteiger partial charge in [-0.1, -0.05) is 34.6 Å². The van der Waals surface area contributed by atoms with Crippen LogP contribution < -0.4 is 5.32 Å². The summed E-state index contributed by atoms with van der Waals surface area (Å²) in [5.74, 6) is 0.248. The molecule has 7 nitrogen and oxygen atoms in total. The van der Waals surface area contributed by atoms with Crippen molar-refractivity contribution >= 4 is 17.9 Å². The fraction of sp³-hybridized carbons (Fsp3) is 0.824. The van der Waals surface area contributed by atoms with Crippen LogP contribution in [0.2, 0.25) is 0 Å². The molecule has 0 spiro atoms. The van der Waals surface area contributed by atoms with Crippen molar-refractivity contribution < 1.29 is 19.1 Å². The van der Waals surface area contributed by atoms with Crippen LogP contribution in [0, 0.1) is 11.3 Å². The number of hydrogen-bond donors (Lipinski definition) is 1. The highest BCUT2D eigenvalue weighted by molar-refractivity contribution is 5.86. The van der Waals surface area contributed by atoms with E-state index >= 15 is 0 Å². The van der Waals surface area contributed by atoms with E-state index in [2.05, 4.69) is 10.1 Å². The average molecular weight is 341 g/mol. The summed E-state index contributed by atoms with van der Waals surface area (Å²) in [7, 11) is 1.28. The number of carbonyl (C=O) groups excluding carboxylic acids is 3. The van der Waals surface area contributed by atoms with Gasteiger partial charge in [-0.05, 0) is 12.3 Å². The van der Waals surface area contributed by atoms with E-state index in [4.69, 9.17) is 0 Å². The monoisotopic (exact) mass is 341 g/mol. The molecule has 3 amide bonds. The van der Waals surface area contributed by atoms with Crippen LogP contribution >= 0.6 is 0 Å². The maximum atomic E-state index is 12.7. The zero-order valence-corrected chi connectivity index (χ0v) is 15.7. The molecule has 1 rings (SSSR count). The van der Waals surface area contributed by atoms with Gasteiger partial charge < -0.3 is 19.9 Å². The molecule has 1 atom stereocenters. The summed E-state index contributed by atoms with van der Waals surface area (Å²) in [5.41, 5.74) is -0.418. The summed E-state index contributed by atoms with van der Waals surface area (Å²) < 4.78 is 4.61. The second-order valence-electron chi connectivity index (χ2n) is 7.69. The second-order valence-corrected chi connectivity index (χ2v) is 7.69. The van der Waals surface area contributed by atoms with Crippen LogP contribution in [0.15, 0.2) is 0 Å². The molecule has 0 aliphatic carbocycles. The number of nitrogens with one attached hydrogen (secondary N) is 1. The summed E-state index contributed by atoms with van der Waals surface area (Å²) >= 11 is 0. The number of carbonyl (C=O) groups is 3. The molecule has 0 saturated carbocycles. The largest absolute Gasteiger partial charge is 0.453 e. The number of alkyl carbamates (subject to hydrolysis) is 1. The molecule has 7 heteroatoms. The molecule has 0 aromatic rings. The minimum absolute atomic E-state index is 0.0982. The Balaban J connectivity index is 2.67. The molecule has 1 fully saturated rings. The molecule has 0 bridgehead atoms. The maximum Gasteiger partial charge on any atom is 0.407 e. The highest BCUT2D eigenvalue weighted by Crippen LogP contribution is 2.19. The average Bonchev–Trinajstić information content (AvgIpc) is 2.51. The molecule has 0 radical (unpaired) electrons. The topological polar surface area (TPSA) is 79.0 Å². The molecule has 1 N–H and O–H groups in total. The number of rotatable bonds is 4. The zero-order valence-electron chi connectivity index (χ0n) is 15.7. The molecule has 24 heavy (non-hydrogen) atoms. The molecule has 1 heterocycles. The molecule has 0 aromatic heterocycles. The Labute approximate surface area is 144 Å². The minimum atomic E-state index is -0.601.